The van der Waals surface area contributed by atoms with Crippen molar-refractivity contribution >= 4 is 16.7 Å². The highest BCUT2D eigenvalue weighted by Gasteiger charge is 2.23. The Hall–Kier alpha value is -2.68. The lowest BCUT2D eigenvalue weighted by atomic mass is 10.1. The molecule has 0 amide bonds. The Morgan fingerprint density at radius 1 is 0.905 bits per heavy atom. The zero-order valence-electron chi connectivity index (χ0n) is 11.4. The van der Waals surface area contributed by atoms with Crippen LogP contribution in [0.1, 0.15) is 17.3 Å². The van der Waals surface area contributed by atoms with E-state index in [1.165, 1.54) is 5.56 Å². The second-order valence-corrected chi connectivity index (χ2v) is 5.05. The summed E-state index contributed by atoms with van der Waals surface area (Å²) in [4.78, 5) is 9.17. The Morgan fingerprint density at radius 2 is 1.71 bits per heavy atom. The molecule has 3 nitrogen and oxygen atoms in total. The summed E-state index contributed by atoms with van der Waals surface area (Å²) in [6, 6.07) is 20.4. The molecule has 0 saturated carbocycles. The number of rotatable bonds is 2. The summed E-state index contributed by atoms with van der Waals surface area (Å²) in [5, 5.41) is 2.23. The van der Waals surface area contributed by atoms with Gasteiger partial charge in [0.25, 0.3) is 0 Å². The average molecular weight is 274 g/mol. The first-order chi connectivity index (χ1) is 10.4. The van der Waals surface area contributed by atoms with Crippen molar-refractivity contribution in [2.24, 2.45) is 4.99 Å². The van der Waals surface area contributed by atoms with Crippen LogP contribution in [0.3, 0.4) is 0 Å². The predicted octanol–water partition coefficient (Wildman–Crippen LogP) is 3.75. The molecule has 3 aromatic rings. The Kier molecular flexibility index (Phi) is 2.89. The fraction of sp³-hybridized carbons (Fsp3) is 0.111. The van der Waals surface area contributed by atoms with E-state index in [4.69, 9.17) is 9.73 Å². The van der Waals surface area contributed by atoms with Crippen molar-refractivity contribution in [3.05, 3.63) is 78.1 Å². The van der Waals surface area contributed by atoms with Gasteiger partial charge in [-0.3, -0.25) is 4.98 Å². The minimum atomic E-state index is 0.0574. The number of benzene rings is 2. The molecule has 0 spiro atoms. The van der Waals surface area contributed by atoms with Crippen molar-refractivity contribution in [1.29, 1.82) is 0 Å². The van der Waals surface area contributed by atoms with Crippen LogP contribution in [-0.4, -0.2) is 17.5 Å². The van der Waals surface area contributed by atoms with Crippen LogP contribution in [0.4, 0.5) is 0 Å². The number of nitrogens with zero attached hydrogens (tertiary/aromatic N) is 2. The number of fused-ring (bicyclic) bond motifs is 1. The predicted molar refractivity (Wildman–Crippen MR) is 83.4 cm³/mol. The van der Waals surface area contributed by atoms with E-state index in [1.54, 1.807) is 6.20 Å². The normalized spacial score (nSPS) is 17.5. The van der Waals surface area contributed by atoms with Crippen molar-refractivity contribution in [2.45, 2.75) is 6.04 Å². The van der Waals surface area contributed by atoms with Gasteiger partial charge >= 0.3 is 0 Å². The maximum Gasteiger partial charge on any atom is 0.236 e. The van der Waals surface area contributed by atoms with Gasteiger partial charge in [0.05, 0.1) is 0 Å². The molecule has 1 aliphatic rings. The summed E-state index contributed by atoms with van der Waals surface area (Å²) in [7, 11) is 0. The van der Waals surface area contributed by atoms with E-state index in [0.717, 1.165) is 16.5 Å². The third kappa shape index (κ3) is 2.17. The second kappa shape index (κ2) is 5.02. The lowest BCUT2D eigenvalue weighted by Gasteiger charge is -2.04. The second-order valence-electron chi connectivity index (χ2n) is 5.05. The molecule has 21 heavy (non-hydrogen) atoms. The van der Waals surface area contributed by atoms with Gasteiger partial charge in [-0.2, -0.15) is 0 Å². The molecule has 3 heteroatoms. The minimum absolute atomic E-state index is 0.0574. The molecule has 0 N–H and O–H groups in total. The summed E-state index contributed by atoms with van der Waals surface area (Å²) >= 11 is 0. The molecule has 0 fully saturated rings. The summed E-state index contributed by atoms with van der Waals surface area (Å²) in [5.41, 5.74) is 2.00. The maximum atomic E-state index is 5.80. The van der Waals surface area contributed by atoms with E-state index in [0.29, 0.717) is 12.5 Å². The fourth-order valence-electron chi connectivity index (χ4n) is 2.64. The number of aromatic nitrogens is 1. The first kappa shape index (κ1) is 12.1. The van der Waals surface area contributed by atoms with E-state index >= 15 is 0 Å². The van der Waals surface area contributed by atoms with E-state index in [2.05, 4.69) is 29.2 Å². The lowest BCUT2D eigenvalue weighted by molar-refractivity contribution is 0.319. The van der Waals surface area contributed by atoms with Crippen molar-refractivity contribution in [2.75, 3.05) is 6.61 Å². The van der Waals surface area contributed by atoms with Crippen molar-refractivity contribution < 1.29 is 4.74 Å². The van der Waals surface area contributed by atoms with E-state index < -0.39 is 0 Å². The monoisotopic (exact) mass is 274 g/mol. The van der Waals surface area contributed by atoms with Gasteiger partial charge in [0.1, 0.15) is 18.3 Å². The largest absolute Gasteiger partial charge is 0.474 e. The van der Waals surface area contributed by atoms with E-state index in [-0.39, 0.29) is 6.04 Å². The molecular formula is C18H14N2O. The van der Waals surface area contributed by atoms with Gasteiger partial charge in [-0.1, -0.05) is 54.6 Å². The molecule has 0 saturated heterocycles. The van der Waals surface area contributed by atoms with Crippen LogP contribution < -0.4 is 0 Å². The highest BCUT2D eigenvalue weighted by atomic mass is 16.5. The molecule has 0 aliphatic carbocycles. The minimum Gasteiger partial charge on any atom is -0.474 e. The molecule has 1 aliphatic heterocycles. The van der Waals surface area contributed by atoms with Crippen molar-refractivity contribution in [3.8, 4) is 0 Å². The maximum absolute atomic E-state index is 5.80. The molecule has 2 aromatic carbocycles. The molecule has 0 bridgehead atoms. The van der Waals surface area contributed by atoms with Gasteiger partial charge in [0.2, 0.25) is 5.90 Å². The first-order valence-electron chi connectivity index (χ1n) is 7.01. The Labute approximate surface area is 122 Å². The van der Waals surface area contributed by atoms with Crippen LogP contribution in [0.2, 0.25) is 0 Å². The van der Waals surface area contributed by atoms with Crippen LogP contribution in [-0.2, 0) is 4.74 Å². The van der Waals surface area contributed by atoms with Crippen LogP contribution >= 0.6 is 0 Å². The highest BCUT2D eigenvalue weighted by molar-refractivity contribution is 6.05. The third-order valence-corrected chi connectivity index (χ3v) is 3.71. The molecule has 4 rings (SSSR count). The summed E-state index contributed by atoms with van der Waals surface area (Å²) in [6.07, 6.45) is 1.80. The Bertz CT molecular complexity index is 806. The molecule has 1 aromatic heterocycles. The molecule has 2 heterocycles. The number of hydrogen-bond donors (Lipinski definition) is 0. The van der Waals surface area contributed by atoms with Gasteiger partial charge in [0.15, 0.2) is 0 Å². The standard InChI is InChI=1S/C18H14N2O/c1-2-7-14(8-3-1)16-12-21-18(20-16)17-15-9-5-4-6-13(15)10-11-19-17/h1-11,16H,12H2/t16-/m0/s1. The fourth-order valence-corrected chi connectivity index (χ4v) is 2.64. The van der Waals surface area contributed by atoms with Crippen LogP contribution in [0.15, 0.2) is 71.9 Å². The molecular weight excluding hydrogens is 260 g/mol. The Morgan fingerprint density at radius 3 is 2.62 bits per heavy atom. The number of pyridine rings is 1. The zero-order chi connectivity index (χ0) is 14.1. The van der Waals surface area contributed by atoms with Crippen molar-refractivity contribution in [1.82, 2.24) is 4.98 Å². The molecule has 0 radical (unpaired) electrons. The van der Waals surface area contributed by atoms with Crippen LogP contribution in [0, 0.1) is 0 Å². The number of aliphatic imine (C=N–C) groups is 1. The molecule has 1 atom stereocenters. The van der Waals surface area contributed by atoms with Gasteiger partial charge < -0.3 is 4.74 Å². The van der Waals surface area contributed by atoms with Gasteiger partial charge in [-0.15, -0.1) is 0 Å². The molecule has 0 unspecified atom stereocenters. The average Bonchev–Trinajstić information content (AvgIpc) is 3.05. The lowest BCUT2D eigenvalue weighted by Crippen LogP contribution is -2.04. The topological polar surface area (TPSA) is 34.5 Å². The van der Waals surface area contributed by atoms with Crippen LogP contribution in [0.5, 0.6) is 0 Å². The summed E-state index contributed by atoms with van der Waals surface area (Å²) in [6.45, 7) is 0.574. The van der Waals surface area contributed by atoms with Crippen molar-refractivity contribution in [3.63, 3.8) is 0 Å². The third-order valence-electron chi connectivity index (χ3n) is 3.71. The molecule has 102 valence electrons. The van der Waals surface area contributed by atoms with Gasteiger partial charge in [0, 0.05) is 11.6 Å². The SMILES string of the molecule is c1ccc([C@@H]2COC(c3nccc4ccccc34)=N2)cc1. The number of hydrogen-bond acceptors (Lipinski definition) is 3. The van der Waals surface area contributed by atoms with Gasteiger partial charge in [-0.25, -0.2) is 4.99 Å². The summed E-state index contributed by atoms with van der Waals surface area (Å²) < 4.78 is 5.80. The quantitative estimate of drug-likeness (QED) is 0.713. The first-order valence-corrected chi connectivity index (χ1v) is 7.01. The Balaban J connectivity index is 1.77. The van der Waals surface area contributed by atoms with E-state index in [1.807, 2.05) is 36.4 Å². The van der Waals surface area contributed by atoms with E-state index in [9.17, 15) is 0 Å². The zero-order valence-corrected chi connectivity index (χ0v) is 11.4. The summed E-state index contributed by atoms with van der Waals surface area (Å²) in [5.74, 6) is 0.639. The van der Waals surface area contributed by atoms with Crippen LogP contribution in [0.25, 0.3) is 10.8 Å². The highest BCUT2D eigenvalue weighted by Crippen LogP contribution is 2.26. The number of ether oxygens (including phenoxy) is 1. The smallest absolute Gasteiger partial charge is 0.236 e. The van der Waals surface area contributed by atoms with Gasteiger partial charge in [-0.05, 0) is 17.0 Å².